The number of carbonyl (C=O) groups is 1. The summed E-state index contributed by atoms with van der Waals surface area (Å²) in [7, 11) is 0. The molecule has 0 N–H and O–H groups in total. The first-order chi connectivity index (χ1) is 13.2. The van der Waals surface area contributed by atoms with Crippen LogP contribution in [0.4, 0.5) is 0 Å². The largest absolute Gasteiger partial charge is 0.338 e. The third-order valence-corrected chi connectivity index (χ3v) is 6.50. The first-order valence-corrected chi connectivity index (χ1v) is 11.0. The van der Waals surface area contributed by atoms with Crippen LogP contribution in [0.15, 0.2) is 53.7 Å². The molecule has 142 valence electrons. The van der Waals surface area contributed by atoms with Crippen molar-refractivity contribution in [1.82, 2.24) is 14.8 Å². The Kier molecular flexibility index (Phi) is 5.79. The Bertz CT molecular complexity index is 765. The van der Waals surface area contributed by atoms with Gasteiger partial charge in [-0.25, -0.2) is 0 Å². The molecule has 27 heavy (non-hydrogen) atoms. The standard InChI is InChI=1S/C22H27N3OS/c1-27-21-8-5-17(6-9-21)11-22(26)25-15-19-4-7-20(25)16-24(14-19)13-18-3-2-10-23-12-18/h2-3,5-6,8-10,12,19-20H,4,7,11,13-16H2,1H3/t19-,20+/m0/s1. The highest BCUT2D eigenvalue weighted by Gasteiger charge is 2.36. The lowest BCUT2D eigenvalue weighted by Crippen LogP contribution is -2.48. The van der Waals surface area contributed by atoms with Crippen molar-refractivity contribution in [1.29, 1.82) is 0 Å². The minimum atomic E-state index is 0.282. The van der Waals surface area contributed by atoms with Crippen molar-refractivity contribution >= 4 is 17.7 Å². The Labute approximate surface area is 166 Å². The van der Waals surface area contributed by atoms with Gasteiger partial charge in [0.2, 0.25) is 5.91 Å². The number of hydrogen-bond acceptors (Lipinski definition) is 4. The van der Waals surface area contributed by atoms with Crippen LogP contribution in [0.1, 0.15) is 24.0 Å². The SMILES string of the molecule is CSc1ccc(CC(=O)N2C[C@H]3CC[C@@H]2CN(Cc2cccnc2)C3)cc1. The summed E-state index contributed by atoms with van der Waals surface area (Å²) < 4.78 is 0. The number of pyridine rings is 1. The molecule has 1 amide bonds. The van der Waals surface area contributed by atoms with Gasteiger partial charge in [0, 0.05) is 49.5 Å². The Morgan fingerprint density at radius 3 is 2.70 bits per heavy atom. The molecule has 0 radical (unpaired) electrons. The molecule has 1 aromatic heterocycles. The lowest BCUT2D eigenvalue weighted by atomic mass is 9.94. The number of fused-ring (bicyclic) bond motifs is 4. The zero-order valence-corrected chi connectivity index (χ0v) is 16.7. The normalized spacial score (nSPS) is 22.6. The van der Waals surface area contributed by atoms with E-state index in [2.05, 4.69) is 51.4 Å². The van der Waals surface area contributed by atoms with E-state index >= 15 is 0 Å². The van der Waals surface area contributed by atoms with E-state index in [0.717, 1.165) is 38.2 Å². The van der Waals surface area contributed by atoms with Crippen LogP contribution in [0.5, 0.6) is 0 Å². The molecule has 3 aliphatic heterocycles. The van der Waals surface area contributed by atoms with Gasteiger partial charge in [0.25, 0.3) is 0 Å². The molecule has 0 saturated carbocycles. The summed E-state index contributed by atoms with van der Waals surface area (Å²) in [6.07, 6.45) is 8.73. The van der Waals surface area contributed by atoms with E-state index in [-0.39, 0.29) is 5.91 Å². The summed E-state index contributed by atoms with van der Waals surface area (Å²) >= 11 is 1.73. The molecule has 4 heterocycles. The highest BCUT2D eigenvalue weighted by atomic mass is 32.2. The molecular weight excluding hydrogens is 354 g/mol. The Morgan fingerprint density at radius 2 is 1.96 bits per heavy atom. The quantitative estimate of drug-likeness (QED) is 0.743. The molecule has 2 bridgehead atoms. The van der Waals surface area contributed by atoms with Gasteiger partial charge in [0.1, 0.15) is 0 Å². The van der Waals surface area contributed by atoms with Crippen LogP contribution in [0.2, 0.25) is 0 Å². The Hall–Kier alpha value is -1.85. The second kappa shape index (κ2) is 8.44. The third-order valence-electron chi connectivity index (χ3n) is 5.75. The van der Waals surface area contributed by atoms with Crippen molar-refractivity contribution in [3.63, 3.8) is 0 Å². The molecule has 1 aromatic carbocycles. The topological polar surface area (TPSA) is 36.4 Å². The zero-order chi connectivity index (χ0) is 18.6. The number of rotatable bonds is 5. The average molecular weight is 382 g/mol. The number of hydrogen-bond donors (Lipinski definition) is 0. The smallest absolute Gasteiger partial charge is 0.227 e. The molecule has 0 spiro atoms. The number of carbonyl (C=O) groups excluding carboxylic acids is 1. The van der Waals surface area contributed by atoms with Crippen molar-refractivity contribution in [2.24, 2.45) is 5.92 Å². The fraction of sp³-hybridized carbons (Fsp3) is 0.455. The van der Waals surface area contributed by atoms with E-state index < -0.39 is 0 Å². The lowest BCUT2D eigenvalue weighted by molar-refractivity contribution is -0.134. The van der Waals surface area contributed by atoms with E-state index in [1.807, 2.05) is 18.5 Å². The number of benzene rings is 1. The van der Waals surface area contributed by atoms with Gasteiger partial charge in [-0.3, -0.25) is 14.7 Å². The third kappa shape index (κ3) is 4.53. The Balaban J connectivity index is 1.41. The van der Waals surface area contributed by atoms with E-state index in [4.69, 9.17) is 0 Å². The number of amides is 1. The van der Waals surface area contributed by atoms with Gasteiger partial charge >= 0.3 is 0 Å². The van der Waals surface area contributed by atoms with Crippen molar-refractivity contribution < 1.29 is 4.79 Å². The predicted molar refractivity (Wildman–Crippen MR) is 110 cm³/mol. The maximum atomic E-state index is 13.0. The highest BCUT2D eigenvalue weighted by Crippen LogP contribution is 2.29. The zero-order valence-electron chi connectivity index (χ0n) is 15.9. The molecule has 2 atom stereocenters. The number of piperidine rings is 1. The second-order valence-corrected chi connectivity index (χ2v) is 8.60. The minimum Gasteiger partial charge on any atom is -0.338 e. The summed E-state index contributed by atoms with van der Waals surface area (Å²) in [5.74, 6) is 0.869. The van der Waals surface area contributed by atoms with Gasteiger partial charge in [-0.05, 0) is 54.3 Å². The van der Waals surface area contributed by atoms with Gasteiger partial charge in [0.05, 0.1) is 6.42 Å². The Morgan fingerprint density at radius 1 is 1.11 bits per heavy atom. The molecular formula is C22H27N3OS. The van der Waals surface area contributed by atoms with Crippen LogP contribution in [-0.2, 0) is 17.8 Å². The predicted octanol–water partition coefficient (Wildman–Crippen LogP) is 3.47. The maximum Gasteiger partial charge on any atom is 0.227 e. The van der Waals surface area contributed by atoms with Crippen molar-refractivity contribution in [3.8, 4) is 0 Å². The van der Waals surface area contributed by atoms with Crippen molar-refractivity contribution in [2.45, 2.75) is 36.7 Å². The summed E-state index contributed by atoms with van der Waals surface area (Å²) in [6, 6.07) is 12.9. The van der Waals surface area contributed by atoms with Gasteiger partial charge in [0.15, 0.2) is 0 Å². The molecule has 3 saturated heterocycles. The summed E-state index contributed by atoms with van der Waals surface area (Å²) in [6.45, 7) is 3.90. The number of aromatic nitrogens is 1. The molecule has 5 rings (SSSR count). The van der Waals surface area contributed by atoms with Crippen LogP contribution in [0.25, 0.3) is 0 Å². The number of thioether (sulfide) groups is 1. The van der Waals surface area contributed by atoms with Gasteiger partial charge in [-0.2, -0.15) is 0 Å². The van der Waals surface area contributed by atoms with Crippen LogP contribution in [0, 0.1) is 5.92 Å². The number of nitrogens with zero attached hydrogens (tertiary/aromatic N) is 3. The fourth-order valence-corrected chi connectivity index (χ4v) is 4.79. The van der Waals surface area contributed by atoms with Crippen molar-refractivity contribution in [3.05, 3.63) is 59.9 Å². The summed E-state index contributed by atoms with van der Waals surface area (Å²) in [5, 5.41) is 0. The van der Waals surface area contributed by atoms with Crippen LogP contribution >= 0.6 is 11.8 Å². The molecule has 3 fully saturated rings. The van der Waals surface area contributed by atoms with Gasteiger partial charge < -0.3 is 4.90 Å². The van der Waals surface area contributed by atoms with E-state index in [9.17, 15) is 4.79 Å². The van der Waals surface area contributed by atoms with E-state index in [1.54, 1.807) is 11.8 Å². The highest BCUT2D eigenvalue weighted by molar-refractivity contribution is 7.98. The van der Waals surface area contributed by atoms with Gasteiger partial charge in [-0.15, -0.1) is 11.8 Å². The van der Waals surface area contributed by atoms with E-state index in [0.29, 0.717) is 18.4 Å². The first-order valence-electron chi connectivity index (χ1n) is 9.75. The van der Waals surface area contributed by atoms with Crippen LogP contribution in [0.3, 0.4) is 0 Å². The molecule has 5 heteroatoms. The average Bonchev–Trinajstić information content (AvgIpc) is 3.00. The fourth-order valence-electron chi connectivity index (χ4n) is 4.38. The second-order valence-electron chi connectivity index (χ2n) is 7.72. The molecule has 0 unspecified atom stereocenters. The molecule has 0 aliphatic carbocycles. The first kappa shape index (κ1) is 18.5. The van der Waals surface area contributed by atoms with Crippen LogP contribution in [-0.4, -0.2) is 52.6 Å². The molecule has 3 aliphatic rings. The van der Waals surface area contributed by atoms with Crippen molar-refractivity contribution in [2.75, 3.05) is 25.9 Å². The van der Waals surface area contributed by atoms with E-state index in [1.165, 1.54) is 16.9 Å². The minimum absolute atomic E-state index is 0.282. The van der Waals surface area contributed by atoms with Crippen LogP contribution < -0.4 is 0 Å². The summed E-state index contributed by atoms with van der Waals surface area (Å²) in [5.41, 5.74) is 2.37. The molecule has 2 aromatic rings. The maximum absolute atomic E-state index is 13.0. The molecule has 4 nitrogen and oxygen atoms in total. The monoisotopic (exact) mass is 381 g/mol. The summed E-state index contributed by atoms with van der Waals surface area (Å²) in [4.78, 5) is 23.2. The van der Waals surface area contributed by atoms with Gasteiger partial charge in [-0.1, -0.05) is 18.2 Å². The lowest BCUT2D eigenvalue weighted by Gasteiger charge is -2.36.